The maximum atomic E-state index is 5.68. The molecule has 0 aromatic carbocycles. The van der Waals surface area contributed by atoms with Crippen LogP contribution in [0.4, 0.5) is 5.82 Å². The molecule has 1 aliphatic heterocycles. The third-order valence-corrected chi connectivity index (χ3v) is 3.36. The summed E-state index contributed by atoms with van der Waals surface area (Å²) in [5, 5.41) is 0. The molecular formula is C12H20N4. The van der Waals surface area contributed by atoms with Crippen LogP contribution in [0.25, 0.3) is 0 Å². The van der Waals surface area contributed by atoms with Gasteiger partial charge in [0.2, 0.25) is 0 Å². The van der Waals surface area contributed by atoms with E-state index < -0.39 is 0 Å². The van der Waals surface area contributed by atoms with Gasteiger partial charge in [-0.25, -0.2) is 4.98 Å². The van der Waals surface area contributed by atoms with Crippen molar-refractivity contribution >= 4 is 5.82 Å². The van der Waals surface area contributed by atoms with Crippen LogP contribution in [0.5, 0.6) is 0 Å². The Kier molecular flexibility index (Phi) is 3.10. The monoisotopic (exact) mass is 220 g/mol. The summed E-state index contributed by atoms with van der Waals surface area (Å²) >= 11 is 0. The first kappa shape index (κ1) is 11.3. The van der Waals surface area contributed by atoms with Gasteiger partial charge in [-0.3, -0.25) is 4.98 Å². The number of piperidine rings is 1. The Hall–Kier alpha value is -1.16. The number of aromatic nitrogens is 2. The van der Waals surface area contributed by atoms with Crippen molar-refractivity contribution in [2.24, 2.45) is 11.1 Å². The van der Waals surface area contributed by atoms with Crippen LogP contribution in [0, 0.1) is 5.41 Å². The summed E-state index contributed by atoms with van der Waals surface area (Å²) in [5.41, 5.74) is 7.05. The van der Waals surface area contributed by atoms with Crippen molar-refractivity contribution in [2.45, 2.75) is 33.2 Å². The molecular weight excluding hydrogens is 200 g/mol. The standard InChI is InChI=1S/C12H20N4/c1-12(2)3-7-16(8-4-12)11-10(9-13)14-5-6-15-11/h5-6H,3-4,7-9,13H2,1-2H3. The topological polar surface area (TPSA) is 55.0 Å². The van der Waals surface area contributed by atoms with Crippen LogP contribution in [0.15, 0.2) is 12.4 Å². The van der Waals surface area contributed by atoms with Gasteiger partial charge >= 0.3 is 0 Å². The van der Waals surface area contributed by atoms with Crippen molar-refractivity contribution in [3.8, 4) is 0 Å². The lowest BCUT2D eigenvalue weighted by Crippen LogP contribution is -2.38. The molecule has 0 unspecified atom stereocenters. The number of hydrogen-bond acceptors (Lipinski definition) is 4. The Morgan fingerprint density at radius 1 is 1.25 bits per heavy atom. The van der Waals surface area contributed by atoms with Crippen LogP contribution in [-0.4, -0.2) is 23.1 Å². The fraction of sp³-hybridized carbons (Fsp3) is 0.667. The van der Waals surface area contributed by atoms with Crippen LogP contribution in [0.2, 0.25) is 0 Å². The van der Waals surface area contributed by atoms with Crippen LogP contribution in [-0.2, 0) is 6.54 Å². The van der Waals surface area contributed by atoms with E-state index in [9.17, 15) is 0 Å². The maximum Gasteiger partial charge on any atom is 0.151 e. The van der Waals surface area contributed by atoms with Crippen molar-refractivity contribution in [2.75, 3.05) is 18.0 Å². The number of hydrogen-bond donors (Lipinski definition) is 1. The van der Waals surface area contributed by atoms with Crippen LogP contribution in [0.3, 0.4) is 0 Å². The summed E-state index contributed by atoms with van der Waals surface area (Å²) < 4.78 is 0. The van der Waals surface area contributed by atoms with E-state index in [-0.39, 0.29) is 0 Å². The molecule has 0 amide bonds. The largest absolute Gasteiger partial charge is 0.355 e. The lowest BCUT2D eigenvalue weighted by atomic mass is 9.83. The van der Waals surface area contributed by atoms with Crippen LogP contribution >= 0.6 is 0 Å². The van der Waals surface area contributed by atoms with Gasteiger partial charge in [0.25, 0.3) is 0 Å². The van der Waals surface area contributed by atoms with Gasteiger partial charge in [-0.05, 0) is 18.3 Å². The normalized spacial score (nSPS) is 19.8. The Morgan fingerprint density at radius 2 is 1.88 bits per heavy atom. The Balaban J connectivity index is 2.14. The molecule has 0 spiro atoms. The van der Waals surface area contributed by atoms with E-state index in [2.05, 4.69) is 28.7 Å². The number of nitrogens with two attached hydrogens (primary N) is 1. The summed E-state index contributed by atoms with van der Waals surface area (Å²) in [4.78, 5) is 11.0. The zero-order valence-electron chi connectivity index (χ0n) is 10.1. The highest BCUT2D eigenvalue weighted by Gasteiger charge is 2.26. The van der Waals surface area contributed by atoms with Crippen molar-refractivity contribution in [1.82, 2.24) is 9.97 Å². The fourth-order valence-electron chi connectivity index (χ4n) is 2.09. The lowest BCUT2D eigenvalue weighted by Gasteiger charge is -2.37. The molecule has 1 aliphatic rings. The minimum atomic E-state index is 0.460. The van der Waals surface area contributed by atoms with Crippen molar-refractivity contribution in [3.63, 3.8) is 0 Å². The molecule has 2 N–H and O–H groups in total. The molecule has 0 radical (unpaired) electrons. The van der Waals surface area contributed by atoms with Crippen LogP contribution < -0.4 is 10.6 Å². The van der Waals surface area contributed by atoms with E-state index in [1.807, 2.05) is 0 Å². The van der Waals surface area contributed by atoms with Gasteiger partial charge in [0.05, 0.1) is 5.69 Å². The number of rotatable bonds is 2. The summed E-state index contributed by atoms with van der Waals surface area (Å²) in [6, 6.07) is 0. The van der Waals surface area contributed by atoms with Gasteiger partial charge in [0.15, 0.2) is 5.82 Å². The molecule has 4 heteroatoms. The molecule has 0 aliphatic carbocycles. The number of nitrogens with zero attached hydrogens (tertiary/aromatic N) is 3. The second kappa shape index (κ2) is 4.37. The molecule has 0 saturated carbocycles. The minimum absolute atomic E-state index is 0.460. The molecule has 2 heterocycles. The fourth-order valence-corrected chi connectivity index (χ4v) is 2.09. The number of anilines is 1. The molecule has 0 atom stereocenters. The first-order chi connectivity index (χ1) is 7.62. The van der Waals surface area contributed by atoms with Gasteiger partial charge in [0, 0.05) is 32.0 Å². The van der Waals surface area contributed by atoms with Crippen molar-refractivity contribution in [3.05, 3.63) is 18.1 Å². The molecule has 2 rings (SSSR count). The molecule has 1 aromatic heterocycles. The highest BCUT2D eigenvalue weighted by atomic mass is 15.2. The average molecular weight is 220 g/mol. The molecule has 16 heavy (non-hydrogen) atoms. The predicted octanol–water partition coefficient (Wildman–Crippen LogP) is 1.56. The van der Waals surface area contributed by atoms with Crippen molar-refractivity contribution < 1.29 is 0 Å². The summed E-state index contributed by atoms with van der Waals surface area (Å²) in [7, 11) is 0. The highest BCUT2D eigenvalue weighted by molar-refractivity contribution is 5.43. The first-order valence-electron chi connectivity index (χ1n) is 5.87. The molecule has 0 bridgehead atoms. The van der Waals surface area contributed by atoms with Crippen molar-refractivity contribution in [1.29, 1.82) is 0 Å². The second-order valence-electron chi connectivity index (χ2n) is 5.18. The predicted molar refractivity (Wildman–Crippen MR) is 65.2 cm³/mol. The van der Waals surface area contributed by atoms with Crippen LogP contribution in [0.1, 0.15) is 32.4 Å². The molecule has 1 saturated heterocycles. The molecule has 1 aromatic rings. The van der Waals surface area contributed by atoms with E-state index in [1.54, 1.807) is 12.4 Å². The Morgan fingerprint density at radius 3 is 2.50 bits per heavy atom. The van der Waals surface area contributed by atoms with E-state index in [1.165, 1.54) is 12.8 Å². The van der Waals surface area contributed by atoms with Gasteiger partial charge in [-0.1, -0.05) is 13.8 Å². The zero-order valence-corrected chi connectivity index (χ0v) is 10.1. The third-order valence-electron chi connectivity index (χ3n) is 3.36. The van der Waals surface area contributed by atoms with Gasteiger partial charge in [-0.15, -0.1) is 0 Å². The van der Waals surface area contributed by atoms with Gasteiger partial charge < -0.3 is 10.6 Å². The van der Waals surface area contributed by atoms with E-state index in [0.717, 1.165) is 24.6 Å². The average Bonchev–Trinajstić information content (AvgIpc) is 2.29. The van der Waals surface area contributed by atoms with E-state index >= 15 is 0 Å². The minimum Gasteiger partial charge on any atom is -0.355 e. The summed E-state index contributed by atoms with van der Waals surface area (Å²) in [5.74, 6) is 0.973. The smallest absolute Gasteiger partial charge is 0.151 e. The molecule has 1 fully saturated rings. The third kappa shape index (κ3) is 2.32. The molecule has 4 nitrogen and oxygen atoms in total. The highest BCUT2D eigenvalue weighted by Crippen LogP contribution is 2.31. The Bertz CT molecular complexity index is 352. The van der Waals surface area contributed by atoms with E-state index in [4.69, 9.17) is 5.73 Å². The van der Waals surface area contributed by atoms with Gasteiger partial charge in [0.1, 0.15) is 0 Å². The summed E-state index contributed by atoms with van der Waals surface area (Å²) in [6.45, 7) is 7.22. The van der Waals surface area contributed by atoms with E-state index in [0.29, 0.717) is 12.0 Å². The Labute approximate surface area is 96.9 Å². The van der Waals surface area contributed by atoms with Gasteiger partial charge in [-0.2, -0.15) is 0 Å². The lowest BCUT2D eigenvalue weighted by molar-refractivity contribution is 0.279. The molecule has 88 valence electrons. The quantitative estimate of drug-likeness (QED) is 0.822. The zero-order chi connectivity index (χ0) is 11.6. The second-order valence-corrected chi connectivity index (χ2v) is 5.18. The summed E-state index contributed by atoms with van der Waals surface area (Å²) in [6.07, 6.45) is 5.86. The maximum absolute atomic E-state index is 5.68. The first-order valence-corrected chi connectivity index (χ1v) is 5.87. The SMILES string of the molecule is CC1(C)CCN(c2nccnc2CN)CC1.